The van der Waals surface area contributed by atoms with E-state index in [-0.39, 0.29) is 23.2 Å². The number of carbonyl (C=O) groups is 1. The molecule has 196 valence electrons. The molecule has 2 aliphatic rings. The maximum atomic E-state index is 13.9. The average Bonchev–Trinajstić information content (AvgIpc) is 3.15. The van der Waals surface area contributed by atoms with Crippen LogP contribution in [0.5, 0.6) is 5.75 Å². The van der Waals surface area contributed by atoms with E-state index >= 15 is 0 Å². The molecule has 1 amide bonds. The van der Waals surface area contributed by atoms with Gasteiger partial charge in [0.2, 0.25) is 0 Å². The van der Waals surface area contributed by atoms with Gasteiger partial charge in [-0.25, -0.2) is 9.18 Å². The number of piperidine rings is 1. The van der Waals surface area contributed by atoms with Gasteiger partial charge in [0.05, 0.1) is 16.7 Å². The maximum absolute atomic E-state index is 13.9. The minimum atomic E-state index is -0.556. The Hall–Kier alpha value is -2.02. The number of fused-ring (bicyclic) bond motifs is 2. The molecule has 2 aliphatic heterocycles. The number of benzene rings is 2. The standard InChI is InChI=1S/C28H35Cl2FN2O3/c1-27(2,3)36-26(34)32(4)17-20(19-5-7-23(29)24(30)15-19)9-12-33-13-10-28(11-14-33)18-35-25-8-6-21(31)16-22(25)28/h5-8,15-16,20H,9-14,17-18H2,1-4H3. The number of hydrogen-bond acceptors (Lipinski definition) is 4. The van der Waals surface area contributed by atoms with Crippen molar-refractivity contribution in [2.45, 2.75) is 57.0 Å². The number of halogens is 3. The lowest BCUT2D eigenvalue weighted by Crippen LogP contribution is -2.44. The molecule has 0 saturated carbocycles. The number of likely N-dealkylation sites (tertiary alicyclic amines) is 1. The van der Waals surface area contributed by atoms with Crippen LogP contribution in [0.15, 0.2) is 36.4 Å². The molecule has 0 bridgehead atoms. The second kappa shape index (κ2) is 10.8. The van der Waals surface area contributed by atoms with Gasteiger partial charge in [0.1, 0.15) is 17.2 Å². The zero-order chi connectivity index (χ0) is 26.1. The normalized spacial score (nSPS) is 18.0. The summed E-state index contributed by atoms with van der Waals surface area (Å²) in [5.41, 5.74) is 1.39. The number of hydrogen-bond donors (Lipinski definition) is 0. The minimum Gasteiger partial charge on any atom is -0.492 e. The molecule has 4 rings (SSSR count). The van der Waals surface area contributed by atoms with Crippen molar-refractivity contribution >= 4 is 29.3 Å². The topological polar surface area (TPSA) is 42.0 Å². The van der Waals surface area contributed by atoms with Crippen LogP contribution in [0.2, 0.25) is 10.0 Å². The number of nitrogens with zero attached hydrogens (tertiary/aromatic N) is 2. The third-order valence-electron chi connectivity index (χ3n) is 7.24. The Labute approximate surface area is 223 Å². The predicted octanol–water partition coefficient (Wildman–Crippen LogP) is 6.90. The van der Waals surface area contributed by atoms with E-state index in [0.29, 0.717) is 23.2 Å². The summed E-state index contributed by atoms with van der Waals surface area (Å²) in [6, 6.07) is 10.5. The third-order valence-corrected chi connectivity index (χ3v) is 7.98. The Morgan fingerprint density at radius 3 is 2.56 bits per heavy atom. The first-order valence-electron chi connectivity index (χ1n) is 12.5. The second-order valence-corrected chi connectivity index (χ2v) is 11.9. The van der Waals surface area contributed by atoms with Crippen molar-refractivity contribution < 1.29 is 18.7 Å². The van der Waals surface area contributed by atoms with E-state index in [1.165, 1.54) is 6.07 Å². The van der Waals surface area contributed by atoms with Crippen LogP contribution < -0.4 is 4.74 Å². The van der Waals surface area contributed by atoms with Gasteiger partial charge in [-0.3, -0.25) is 0 Å². The van der Waals surface area contributed by atoms with Gasteiger partial charge >= 0.3 is 6.09 Å². The number of ether oxygens (including phenoxy) is 2. The molecule has 0 aliphatic carbocycles. The largest absolute Gasteiger partial charge is 0.492 e. The number of likely N-dealkylation sites (N-methyl/N-ethyl adjacent to an activating group) is 1. The molecule has 1 atom stereocenters. The molecule has 0 aromatic heterocycles. The molecule has 2 heterocycles. The fourth-order valence-electron chi connectivity index (χ4n) is 5.17. The highest BCUT2D eigenvalue weighted by atomic mass is 35.5. The van der Waals surface area contributed by atoms with Crippen LogP contribution in [0.1, 0.15) is 57.1 Å². The summed E-state index contributed by atoms with van der Waals surface area (Å²) in [6.45, 7) is 9.41. The highest BCUT2D eigenvalue weighted by molar-refractivity contribution is 6.42. The lowest BCUT2D eigenvalue weighted by molar-refractivity contribution is 0.0284. The molecule has 36 heavy (non-hydrogen) atoms. The van der Waals surface area contributed by atoms with Gasteiger partial charge < -0.3 is 19.3 Å². The summed E-state index contributed by atoms with van der Waals surface area (Å²) >= 11 is 12.5. The molecule has 1 unspecified atom stereocenters. The molecule has 1 saturated heterocycles. The Kier molecular flexibility index (Phi) is 8.08. The van der Waals surface area contributed by atoms with Crippen molar-refractivity contribution in [2.75, 3.05) is 39.8 Å². The maximum Gasteiger partial charge on any atom is 0.410 e. The summed E-state index contributed by atoms with van der Waals surface area (Å²) in [5.74, 6) is 0.673. The molecule has 1 fully saturated rings. The zero-order valence-electron chi connectivity index (χ0n) is 21.5. The van der Waals surface area contributed by atoms with E-state index in [2.05, 4.69) is 4.90 Å². The van der Waals surface area contributed by atoms with Gasteiger partial charge in [-0.2, -0.15) is 0 Å². The van der Waals surface area contributed by atoms with Gasteiger partial charge in [-0.05, 0) is 95.6 Å². The van der Waals surface area contributed by atoms with E-state index in [4.69, 9.17) is 32.7 Å². The Morgan fingerprint density at radius 1 is 1.17 bits per heavy atom. The van der Waals surface area contributed by atoms with Crippen molar-refractivity contribution in [1.82, 2.24) is 9.80 Å². The molecule has 2 aromatic carbocycles. The van der Waals surface area contributed by atoms with Crippen LogP contribution in [0.3, 0.4) is 0 Å². The van der Waals surface area contributed by atoms with Crippen LogP contribution in [-0.2, 0) is 10.2 Å². The van der Waals surface area contributed by atoms with Crippen LogP contribution >= 0.6 is 23.2 Å². The quantitative estimate of drug-likeness (QED) is 0.402. The SMILES string of the molecule is CN(CC(CCN1CCC2(CC1)COc1ccc(F)cc12)c1ccc(Cl)c(Cl)c1)C(=O)OC(C)(C)C. The number of amides is 1. The van der Waals surface area contributed by atoms with E-state index < -0.39 is 5.60 Å². The van der Waals surface area contributed by atoms with Crippen LogP contribution in [0.25, 0.3) is 0 Å². The lowest BCUT2D eigenvalue weighted by atomic mass is 9.74. The smallest absolute Gasteiger partial charge is 0.410 e. The van der Waals surface area contributed by atoms with E-state index in [0.717, 1.165) is 55.8 Å². The van der Waals surface area contributed by atoms with E-state index in [9.17, 15) is 9.18 Å². The number of rotatable bonds is 6. The fraction of sp³-hybridized carbons (Fsp3) is 0.536. The summed E-state index contributed by atoms with van der Waals surface area (Å²) in [4.78, 5) is 16.7. The second-order valence-electron chi connectivity index (χ2n) is 11.1. The van der Waals surface area contributed by atoms with Crippen molar-refractivity contribution in [1.29, 1.82) is 0 Å². The van der Waals surface area contributed by atoms with Crippen molar-refractivity contribution in [2.24, 2.45) is 0 Å². The van der Waals surface area contributed by atoms with E-state index in [1.807, 2.05) is 32.9 Å². The molecule has 2 aromatic rings. The Balaban J connectivity index is 1.41. The molecular formula is C28H35Cl2FN2O3. The van der Waals surface area contributed by atoms with Gasteiger partial charge in [-0.15, -0.1) is 0 Å². The van der Waals surface area contributed by atoms with Crippen molar-refractivity contribution in [3.8, 4) is 5.75 Å². The molecule has 0 radical (unpaired) electrons. The van der Waals surface area contributed by atoms with Crippen molar-refractivity contribution in [3.05, 3.63) is 63.4 Å². The minimum absolute atomic E-state index is 0.0674. The van der Waals surface area contributed by atoms with Crippen LogP contribution in [-0.4, -0.2) is 61.3 Å². The average molecular weight is 538 g/mol. The summed E-state index contributed by atoms with van der Waals surface area (Å²) in [5, 5.41) is 1.02. The van der Waals surface area contributed by atoms with Crippen LogP contribution in [0, 0.1) is 5.82 Å². The Morgan fingerprint density at radius 2 is 1.89 bits per heavy atom. The van der Waals surface area contributed by atoms with E-state index in [1.54, 1.807) is 30.1 Å². The zero-order valence-corrected chi connectivity index (χ0v) is 23.0. The summed E-state index contributed by atoms with van der Waals surface area (Å²) in [7, 11) is 1.76. The van der Waals surface area contributed by atoms with Gasteiger partial charge in [-0.1, -0.05) is 29.3 Å². The molecule has 0 N–H and O–H groups in total. The summed E-state index contributed by atoms with van der Waals surface area (Å²) in [6.07, 6.45) is 2.36. The van der Waals surface area contributed by atoms with Crippen molar-refractivity contribution in [3.63, 3.8) is 0 Å². The molecule has 1 spiro atoms. The van der Waals surface area contributed by atoms with Crippen LogP contribution in [0.4, 0.5) is 9.18 Å². The first-order chi connectivity index (χ1) is 17.0. The van der Waals surface area contributed by atoms with Gasteiger partial charge in [0.15, 0.2) is 0 Å². The first kappa shape index (κ1) is 27.0. The lowest BCUT2D eigenvalue weighted by Gasteiger charge is -2.39. The third kappa shape index (κ3) is 6.27. The number of carbonyl (C=O) groups excluding carboxylic acids is 1. The highest BCUT2D eigenvalue weighted by Crippen LogP contribution is 2.45. The van der Waals surface area contributed by atoms with Gasteiger partial charge in [0, 0.05) is 30.5 Å². The predicted molar refractivity (Wildman–Crippen MR) is 142 cm³/mol. The summed E-state index contributed by atoms with van der Waals surface area (Å²) < 4.78 is 25.4. The monoisotopic (exact) mass is 536 g/mol. The van der Waals surface area contributed by atoms with Gasteiger partial charge in [0.25, 0.3) is 0 Å². The molecule has 5 nitrogen and oxygen atoms in total. The first-order valence-corrected chi connectivity index (χ1v) is 13.3. The fourth-order valence-corrected chi connectivity index (χ4v) is 5.47. The highest BCUT2D eigenvalue weighted by Gasteiger charge is 2.43. The molecule has 8 heteroatoms. The molecular weight excluding hydrogens is 502 g/mol. The Bertz CT molecular complexity index is 1100.